The van der Waals surface area contributed by atoms with Crippen LogP contribution in [-0.2, 0) is 4.79 Å². The predicted molar refractivity (Wildman–Crippen MR) is 80.1 cm³/mol. The summed E-state index contributed by atoms with van der Waals surface area (Å²) >= 11 is 5.96. The van der Waals surface area contributed by atoms with Gasteiger partial charge in [-0.2, -0.15) is 0 Å². The van der Waals surface area contributed by atoms with Gasteiger partial charge in [0, 0.05) is 23.8 Å². The van der Waals surface area contributed by atoms with E-state index in [4.69, 9.17) is 16.7 Å². The topological polar surface area (TPSA) is 40.5 Å². The lowest BCUT2D eigenvalue weighted by Gasteiger charge is -2.27. The van der Waals surface area contributed by atoms with Crippen LogP contribution in [0.1, 0.15) is 32.3 Å². The molecule has 1 aromatic carbocycles. The maximum atomic E-state index is 10.8. The van der Waals surface area contributed by atoms with Crippen molar-refractivity contribution in [2.24, 2.45) is 5.92 Å². The summed E-state index contributed by atoms with van der Waals surface area (Å²) in [5.74, 6) is -0.166. The first kappa shape index (κ1) is 15.8. The average Bonchev–Trinajstić information content (AvgIpc) is 2.30. The number of aliphatic carboxylic acids is 1. The summed E-state index contributed by atoms with van der Waals surface area (Å²) < 4.78 is 0. The Morgan fingerprint density at radius 2 is 2.05 bits per heavy atom. The molecule has 106 valence electrons. The van der Waals surface area contributed by atoms with E-state index in [1.165, 1.54) is 0 Å². The molecule has 0 aliphatic rings. The Bertz CT molecular complexity index is 432. The number of aryl methyl sites for hydroxylation is 1. The van der Waals surface area contributed by atoms with Crippen LogP contribution in [0, 0.1) is 12.8 Å². The minimum absolute atomic E-state index is 0.153. The van der Waals surface area contributed by atoms with Gasteiger partial charge >= 0.3 is 5.97 Å². The van der Waals surface area contributed by atoms with Gasteiger partial charge in [-0.25, -0.2) is 0 Å². The van der Waals surface area contributed by atoms with Gasteiger partial charge in [0.05, 0.1) is 6.42 Å². The van der Waals surface area contributed by atoms with Crippen molar-refractivity contribution in [3.8, 4) is 0 Å². The maximum absolute atomic E-state index is 10.8. The normalized spacial score (nSPS) is 10.8. The van der Waals surface area contributed by atoms with E-state index in [9.17, 15) is 4.79 Å². The lowest BCUT2D eigenvalue weighted by molar-refractivity contribution is -0.136. The summed E-state index contributed by atoms with van der Waals surface area (Å²) in [6.45, 7) is 7.75. The van der Waals surface area contributed by atoms with Crippen molar-refractivity contribution >= 4 is 23.3 Å². The molecule has 0 atom stereocenters. The highest BCUT2D eigenvalue weighted by molar-refractivity contribution is 6.30. The van der Waals surface area contributed by atoms with Crippen LogP contribution in [0.5, 0.6) is 0 Å². The highest BCUT2D eigenvalue weighted by atomic mass is 35.5. The van der Waals surface area contributed by atoms with Crippen molar-refractivity contribution < 1.29 is 9.90 Å². The number of carboxylic acids is 1. The van der Waals surface area contributed by atoms with Crippen LogP contribution < -0.4 is 4.90 Å². The van der Waals surface area contributed by atoms with E-state index in [2.05, 4.69) is 18.7 Å². The molecule has 1 aromatic rings. The molecule has 0 aliphatic carbocycles. The summed E-state index contributed by atoms with van der Waals surface area (Å²) in [5, 5.41) is 9.56. The zero-order valence-corrected chi connectivity index (χ0v) is 12.6. The zero-order chi connectivity index (χ0) is 14.4. The van der Waals surface area contributed by atoms with Crippen LogP contribution in [0.3, 0.4) is 0 Å². The largest absolute Gasteiger partial charge is 0.481 e. The van der Waals surface area contributed by atoms with Gasteiger partial charge in [-0.3, -0.25) is 4.79 Å². The van der Waals surface area contributed by atoms with Gasteiger partial charge in [0.25, 0.3) is 0 Å². The Balaban J connectivity index is 2.83. The summed E-state index contributed by atoms with van der Waals surface area (Å²) in [6.07, 6.45) is 1.20. The van der Waals surface area contributed by atoms with Crippen molar-refractivity contribution in [3.63, 3.8) is 0 Å². The van der Waals surface area contributed by atoms with Crippen LogP contribution in [0.15, 0.2) is 18.2 Å². The Labute approximate surface area is 120 Å². The van der Waals surface area contributed by atoms with Gasteiger partial charge in [-0.1, -0.05) is 25.4 Å². The van der Waals surface area contributed by atoms with E-state index >= 15 is 0 Å². The molecule has 0 saturated heterocycles. The third kappa shape index (κ3) is 5.52. The van der Waals surface area contributed by atoms with Crippen molar-refractivity contribution in [1.82, 2.24) is 0 Å². The molecule has 0 unspecified atom stereocenters. The molecule has 1 N–H and O–H groups in total. The molecule has 4 heteroatoms. The van der Waals surface area contributed by atoms with Crippen LogP contribution in [0.2, 0.25) is 5.02 Å². The van der Waals surface area contributed by atoms with E-state index < -0.39 is 5.97 Å². The average molecular weight is 284 g/mol. The van der Waals surface area contributed by atoms with Gasteiger partial charge in [0.2, 0.25) is 0 Å². The Kier molecular flexibility index (Phi) is 6.16. The van der Waals surface area contributed by atoms with Crippen LogP contribution >= 0.6 is 11.6 Å². The monoisotopic (exact) mass is 283 g/mol. The van der Waals surface area contributed by atoms with E-state index in [0.717, 1.165) is 24.2 Å². The fourth-order valence-electron chi connectivity index (χ4n) is 1.97. The number of carbonyl (C=O) groups is 1. The van der Waals surface area contributed by atoms with Gasteiger partial charge in [0.1, 0.15) is 0 Å². The van der Waals surface area contributed by atoms with Gasteiger partial charge in [-0.15, -0.1) is 0 Å². The van der Waals surface area contributed by atoms with E-state index in [0.29, 0.717) is 17.5 Å². The fourth-order valence-corrected chi connectivity index (χ4v) is 2.20. The number of nitrogens with zero attached hydrogens (tertiary/aromatic N) is 1. The third-order valence-corrected chi connectivity index (χ3v) is 3.31. The molecule has 0 aliphatic heterocycles. The van der Waals surface area contributed by atoms with Gasteiger partial charge < -0.3 is 10.0 Å². The van der Waals surface area contributed by atoms with Gasteiger partial charge in [-0.05, 0) is 43.0 Å². The summed E-state index contributed by atoms with van der Waals surface area (Å²) in [6, 6.07) is 5.74. The van der Waals surface area contributed by atoms with Crippen molar-refractivity contribution in [3.05, 3.63) is 28.8 Å². The third-order valence-electron chi connectivity index (χ3n) is 3.07. The molecule has 0 radical (unpaired) electrons. The van der Waals surface area contributed by atoms with E-state index in [1.54, 1.807) is 0 Å². The number of hydrogen-bond donors (Lipinski definition) is 1. The first-order valence-electron chi connectivity index (χ1n) is 6.63. The molecule has 0 fully saturated rings. The molecular formula is C15H22ClNO2. The highest BCUT2D eigenvalue weighted by Crippen LogP contribution is 2.24. The predicted octanol–water partition coefficient (Wildman–Crippen LogP) is 3.98. The lowest BCUT2D eigenvalue weighted by atomic mass is 10.1. The molecule has 0 bridgehead atoms. The quantitative estimate of drug-likeness (QED) is 0.823. The SMILES string of the molecule is Cc1cc(Cl)ccc1N(CCC(=O)O)CCC(C)C. The second kappa shape index (κ2) is 7.39. The number of anilines is 1. The fraction of sp³-hybridized carbons (Fsp3) is 0.533. The van der Waals surface area contributed by atoms with Crippen LogP contribution in [0.25, 0.3) is 0 Å². The van der Waals surface area contributed by atoms with Crippen molar-refractivity contribution in [2.45, 2.75) is 33.6 Å². The Morgan fingerprint density at radius 1 is 1.37 bits per heavy atom. The summed E-state index contributed by atoms with van der Waals surface area (Å²) in [7, 11) is 0. The molecule has 0 spiro atoms. The second-order valence-corrected chi connectivity index (χ2v) is 5.68. The molecule has 0 saturated carbocycles. The molecule has 1 rings (SSSR count). The van der Waals surface area contributed by atoms with E-state index in [-0.39, 0.29) is 6.42 Å². The molecule has 3 nitrogen and oxygen atoms in total. The molecule has 0 amide bonds. The Hall–Kier alpha value is -1.22. The van der Waals surface area contributed by atoms with Crippen LogP contribution in [0.4, 0.5) is 5.69 Å². The standard InChI is InChI=1S/C15H22ClNO2/c1-11(2)6-8-17(9-7-15(18)19)14-5-4-13(16)10-12(14)3/h4-5,10-11H,6-9H2,1-3H3,(H,18,19). The summed E-state index contributed by atoms with van der Waals surface area (Å²) in [5.41, 5.74) is 2.16. The Morgan fingerprint density at radius 3 is 2.58 bits per heavy atom. The number of carboxylic acid groups (broad SMARTS) is 1. The molecule has 0 heterocycles. The number of halogens is 1. The smallest absolute Gasteiger partial charge is 0.305 e. The minimum Gasteiger partial charge on any atom is -0.481 e. The lowest BCUT2D eigenvalue weighted by Crippen LogP contribution is -2.28. The maximum Gasteiger partial charge on any atom is 0.305 e. The minimum atomic E-state index is -0.763. The first-order valence-corrected chi connectivity index (χ1v) is 7.01. The van der Waals surface area contributed by atoms with E-state index in [1.807, 2.05) is 25.1 Å². The number of benzene rings is 1. The number of rotatable bonds is 7. The molecular weight excluding hydrogens is 262 g/mol. The highest BCUT2D eigenvalue weighted by Gasteiger charge is 2.12. The number of hydrogen-bond acceptors (Lipinski definition) is 2. The summed E-state index contributed by atoms with van der Waals surface area (Å²) in [4.78, 5) is 12.9. The first-order chi connectivity index (χ1) is 8.90. The molecule has 19 heavy (non-hydrogen) atoms. The second-order valence-electron chi connectivity index (χ2n) is 5.24. The van der Waals surface area contributed by atoms with Gasteiger partial charge in [0.15, 0.2) is 0 Å². The van der Waals surface area contributed by atoms with Crippen molar-refractivity contribution in [2.75, 3.05) is 18.0 Å². The van der Waals surface area contributed by atoms with Crippen molar-refractivity contribution in [1.29, 1.82) is 0 Å². The molecule has 0 aromatic heterocycles. The van der Waals surface area contributed by atoms with Crippen LogP contribution in [-0.4, -0.2) is 24.2 Å². The zero-order valence-electron chi connectivity index (χ0n) is 11.8.